The van der Waals surface area contributed by atoms with E-state index in [0.29, 0.717) is 6.42 Å². The first-order valence-electron chi connectivity index (χ1n) is 4.92. The lowest BCUT2D eigenvalue weighted by molar-refractivity contribution is 0.674. The Labute approximate surface area is 93.7 Å². The highest BCUT2D eigenvalue weighted by Crippen LogP contribution is 2.20. The fraction of sp³-hybridized carbons (Fsp3) is 0.250. The molecule has 2 nitrogen and oxygen atoms in total. The smallest absolute Gasteiger partial charge is 0.0622 e. The van der Waals surface area contributed by atoms with Crippen molar-refractivity contribution in [3.8, 4) is 6.07 Å². The Kier molecular flexibility index (Phi) is 2.94. The zero-order chi connectivity index (χ0) is 10.7. The Morgan fingerprint density at radius 3 is 3.00 bits per heavy atom. The first-order chi connectivity index (χ1) is 7.31. The number of aromatic nitrogens is 1. The summed E-state index contributed by atoms with van der Waals surface area (Å²) in [6.07, 6.45) is 3.54. The van der Waals surface area contributed by atoms with E-state index in [1.165, 1.54) is 5.52 Å². The van der Waals surface area contributed by atoms with Crippen LogP contribution in [0.5, 0.6) is 0 Å². The average Bonchev–Trinajstić information content (AvgIpc) is 2.61. The predicted octanol–water partition coefficient (Wildman–Crippen LogP) is 3.60. The van der Waals surface area contributed by atoms with Gasteiger partial charge in [-0.25, -0.2) is 0 Å². The molecule has 0 aliphatic heterocycles. The van der Waals surface area contributed by atoms with E-state index < -0.39 is 0 Å². The summed E-state index contributed by atoms with van der Waals surface area (Å²) in [6, 6.07) is 10.1. The molecule has 2 aromatic rings. The van der Waals surface area contributed by atoms with Gasteiger partial charge in [-0.15, -0.1) is 0 Å². The van der Waals surface area contributed by atoms with Gasteiger partial charge in [-0.05, 0) is 30.7 Å². The Morgan fingerprint density at radius 1 is 1.33 bits per heavy atom. The second-order valence-electron chi connectivity index (χ2n) is 3.47. The number of rotatable bonds is 3. The molecule has 0 atom stereocenters. The van der Waals surface area contributed by atoms with Gasteiger partial charge in [-0.1, -0.05) is 11.6 Å². The molecule has 0 N–H and O–H groups in total. The Balaban J connectivity index is 2.26. The van der Waals surface area contributed by atoms with Crippen LogP contribution in [0, 0.1) is 11.3 Å². The third-order valence-electron chi connectivity index (χ3n) is 2.42. The largest absolute Gasteiger partial charge is 0.347 e. The summed E-state index contributed by atoms with van der Waals surface area (Å²) in [7, 11) is 0. The lowest BCUT2D eigenvalue weighted by atomic mass is 10.2. The third kappa shape index (κ3) is 2.14. The fourth-order valence-corrected chi connectivity index (χ4v) is 1.87. The summed E-state index contributed by atoms with van der Waals surface area (Å²) in [5.41, 5.74) is 1.18. The molecule has 0 aliphatic rings. The highest BCUT2D eigenvalue weighted by molar-refractivity contribution is 6.31. The summed E-state index contributed by atoms with van der Waals surface area (Å²) in [5.74, 6) is 0. The monoisotopic (exact) mass is 218 g/mol. The van der Waals surface area contributed by atoms with Gasteiger partial charge in [-0.3, -0.25) is 0 Å². The van der Waals surface area contributed by atoms with Gasteiger partial charge >= 0.3 is 0 Å². The first kappa shape index (κ1) is 10.1. The normalized spacial score (nSPS) is 10.4. The molecule has 0 saturated carbocycles. The Hall–Kier alpha value is -1.46. The van der Waals surface area contributed by atoms with Gasteiger partial charge in [0.15, 0.2) is 0 Å². The number of nitrogens with zero attached hydrogens (tertiary/aromatic N) is 2. The van der Waals surface area contributed by atoms with Crippen molar-refractivity contribution in [2.45, 2.75) is 19.4 Å². The molecule has 0 saturated heterocycles. The summed E-state index contributed by atoms with van der Waals surface area (Å²) in [6.45, 7) is 0.888. The molecule has 0 radical (unpaired) electrons. The number of halogens is 1. The number of hydrogen-bond donors (Lipinski definition) is 0. The molecular formula is C12H11ClN2. The van der Waals surface area contributed by atoms with E-state index in [1.54, 1.807) is 0 Å². The van der Waals surface area contributed by atoms with Crippen molar-refractivity contribution in [2.75, 3.05) is 0 Å². The first-order valence-corrected chi connectivity index (χ1v) is 5.30. The fourth-order valence-electron chi connectivity index (χ4n) is 1.69. The standard InChI is InChI=1S/C12H11ClN2/c13-11-3-4-12-10(9-11)5-8-15(12)7-2-1-6-14/h3-5,8-9H,1-2,7H2. The number of aryl methyl sites for hydroxylation is 1. The van der Waals surface area contributed by atoms with Crippen LogP contribution in [0.25, 0.3) is 10.9 Å². The van der Waals surface area contributed by atoms with Crippen LogP contribution in [0.15, 0.2) is 30.5 Å². The van der Waals surface area contributed by atoms with E-state index in [0.717, 1.165) is 23.4 Å². The minimum atomic E-state index is 0.604. The molecule has 1 aromatic heterocycles. The summed E-state index contributed by atoms with van der Waals surface area (Å²) in [5, 5.41) is 10.4. The van der Waals surface area contributed by atoms with Gasteiger partial charge in [0.1, 0.15) is 0 Å². The molecule has 2 rings (SSSR count). The quantitative estimate of drug-likeness (QED) is 0.724. The molecular weight excluding hydrogens is 208 g/mol. The maximum atomic E-state index is 8.47. The van der Waals surface area contributed by atoms with Gasteiger partial charge < -0.3 is 4.57 Å². The number of benzene rings is 1. The van der Waals surface area contributed by atoms with Crippen LogP contribution in [0.2, 0.25) is 5.02 Å². The van der Waals surface area contributed by atoms with Gasteiger partial charge in [0.05, 0.1) is 6.07 Å². The maximum absolute atomic E-state index is 8.47. The van der Waals surface area contributed by atoms with Gasteiger partial charge in [0, 0.05) is 35.1 Å². The van der Waals surface area contributed by atoms with E-state index in [-0.39, 0.29) is 0 Å². The number of nitriles is 1. The molecule has 76 valence electrons. The molecule has 15 heavy (non-hydrogen) atoms. The van der Waals surface area contributed by atoms with Crippen LogP contribution in [0.1, 0.15) is 12.8 Å². The van der Waals surface area contributed by atoms with Crippen LogP contribution in [0.4, 0.5) is 0 Å². The maximum Gasteiger partial charge on any atom is 0.0622 e. The highest BCUT2D eigenvalue weighted by Gasteiger charge is 2.00. The second-order valence-corrected chi connectivity index (χ2v) is 3.91. The van der Waals surface area contributed by atoms with Crippen molar-refractivity contribution in [3.05, 3.63) is 35.5 Å². The minimum absolute atomic E-state index is 0.604. The van der Waals surface area contributed by atoms with E-state index in [9.17, 15) is 0 Å². The number of fused-ring (bicyclic) bond motifs is 1. The van der Waals surface area contributed by atoms with Crippen molar-refractivity contribution in [3.63, 3.8) is 0 Å². The zero-order valence-corrected chi connectivity index (χ0v) is 9.04. The van der Waals surface area contributed by atoms with Crippen molar-refractivity contribution in [1.29, 1.82) is 5.26 Å². The van der Waals surface area contributed by atoms with Crippen LogP contribution in [0.3, 0.4) is 0 Å². The summed E-state index contributed by atoms with van der Waals surface area (Å²) < 4.78 is 2.16. The average molecular weight is 219 g/mol. The molecule has 0 bridgehead atoms. The number of hydrogen-bond acceptors (Lipinski definition) is 1. The predicted molar refractivity (Wildman–Crippen MR) is 61.8 cm³/mol. The van der Waals surface area contributed by atoms with E-state index in [4.69, 9.17) is 16.9 Å². The van der Waals surface area contributed by atoms with E-state index in [2.05, 4.69) is 10.6 Å². The SMILES string of the molecule is N#CCCCn1ccc2cc(Cl)ccc21. The molecule has 3 heteroatoms. The highest BCUT2D eigenvalue weighted by atomic mass is 35.5. The van der Waals surface area contributed by atoms with Crippen LogP contribution >= 0.6 is 11.6 Å². The lowest BCUT2D eigenvalue weighted by Gasteiger charge is -2.03. The zero-order valence-electron chi connectivity index (χ0n) is 8.28. The molecule has 1 heterocycles. The summed E-state index contributed by atoms with van der Waals surface area (Å²) >= 11 is 5.90. The Morgan fingerprint density at radius 2 is 2.20 bits per heavy atom. The van der Waals surface area contributed by atoms with Crippen LogP contribution in [-0.4, -0.2) is 4.57 Å². The molecule has 1 aromatic carbocycles. The molecule has 0 unspecified atom stereocenters. The van der Waals surface area contributed by atoms with E-state index >= 15 is 0 Å². The van der Waals surface area contributed by atoms with E-state index in [1.807, 2.05) is 30.5 Å². The summed E-state index contributed by atoms with van der Waals surface area (Å²) in [4.78, 5) is 0. The molecule has 0 fully saturated rings. The minimum Gasteiger partial charge on any atom is -0.347 e. The third-order valence-corrected chi connectivity index (χ3v) is 2.66. The molecule has 0 amide bonds. The lowest BCUT2D eigenvalue weighted by Crippen LogP contribution is -1.94. The van der Waals surface area contributed by atoms with Crippen LogP contribution < -0.4 is 0 Å². The van der Waals surface area contributed by atoms with Gasteiger partial charge in [0.25, 0.3) is 0 Å². The van der Waals surface area contributed by atoms with Crippen molar-refractivity contribution >= 4 is 22.5 Å². The van der Waals surface area contributed by atoms with Crippen molar-refractivity contribution in [1.82, 2.24) is 4.57 Å². The molecule has 0 spiro atoms. The second kappa shape index (κ2) is 4.37. The van der Waals surface area contributed by atoms with Crippen LogP contribution in [-0.2, 0) is 6.54 Å². The molecule has 0 aliphatic carbocycles. The van der Waals surface area contributed by atoms with Crippen molar-refractivity contribution in [2.24, 2.45) is 0 Å². The Bertz CT molecular complexity index is 508. The topological polar surface area (TPSA) is 28.7 Å². The van der Waals surface area contributed by atoms with Crippen molar-refractivity contribution < 1.29 is 0 Å². The van der Waals surface area contributed by atoms with Gasteiger partial charge in [-0.2, -0.15) is 5.26 Å². The number of unbranched alkanes of at least 4 members (excludes halogenated alkanes) is 1. The van der Waals surface area contributed by atoms with Gasteiger partial charge in [0.2, 0.25) is 0 Å².